The molecule has 3 rings (SSSR count). The number of halogens is 1. The zero-order valence-electron chi connectivity index (χ0n) is 13.9. The molecule has 8 heteroatoms. The Morgan fingerprint density at radius 1 is 1.19 bits per heavy atom. The number of aromatic nitrogens is 1. The Bertz CT molecular complexity index is 936. The molecule has 0 unspecified atom stereocenters. The summed E-state index contributed by atoms with van der Waals surface area (Å²) in [4.78, 5) is 30.3. The Kier molecular flexibility index (Phi) is 5.75. The quantitative estimate of drug-likeness (QED) is 0.679. The number of nitrogens with one attached hydrogen (secondary N) is 2. The highest BCUT2D eigenvalue weighted by atomic mass is 32.1. The number of hydrogen-bond donors (Lipinski definition) is 2. The van der Waals surface area contributed by atoms with Crippen molar-refractivity contribution < 1.29 is 14.0 Å². The van der Waals surface area contributed by atoms with Crippen molar-refractivity contribution in [3.8, 4) is 10.6 Å². The van der Waals surface area contributed by atoms with Crippen LogP contribution in [0.25, 0.3) is 10.6 Å². The molecule has 3 aromatic rings. The van der Waals surface area contributed by atoms with Crippen LogP contribution >= 0.6 is 22.7 Å². The van der Waals surface area contributed by atoms with Crippen LogP contribution in [0.5, 0.6) is 0 Å². The molecule has 26 heavy (non-hydrogen) atoms. The minimum atomic E-state index is -0.495. The Labute approximate surface area is 157 Å². The molecular formula is C18H16FN3O2S2. The summed E-state index contributed by atoms with van der Waals surface area (Å²) in [5.41, 5.74) is 1.12. The lowest BCUT2D eigenvalue weighted by Crippen LogP contribution is -2.36. The van der Waals surface area contributed by atoms with Crippen LogP contribution in [0.2, 0.25) is 0 Å². The highest BCUT2D eigenvalue weighted by Crippen LogP contribution is 2.28. The van der Waals surface area contributed by atoms with Crippen LogP contribution < -0.4 is 10.6 Å². The summed E-state index contributed by atoms with van der Waals surface area (Å²) in [5, 5.41) is 8.24. The molecule has 0 fully saturated rings. The van der Waals surface area contributed by atoms with Crippen molar-refractivity contribution in [2.75, 3.05) is 6.54 Å². The lowest BCUT2D eigenvalue weighted by atomic mass is 10.2. The van der Waals surface area contributed by atoms with Crippen molar-refractivity contribution in [1.82, 2.24) is 15.6 Å². The summed E-state index contributed by atoms with van der Waals surface area (Å²) in [6, 6.07) is 9.24. The normalized spacial score (nSPS) is 10.5. The standard InChI is InChI=1S/C18H16FN3O2S2/c1-11-22-15(10-25-11)16-6-5-14(26-16)8-20-17(23)9-21-18(24)12-3-2-4-13(19)7-12/h2-7,10H,8-9H2,1H3,(H,20,23)(H,21,24). The summed E-state index contributed by atoms with van der Waals surface area (Å²) in [6.07, 6.45) is 0. The lowest BCUT2D eigenvalue weighted by Gasteiger charge is -2.06. The minimum absolute atomic E-state index is 0.168. The van der Waals surface area contributed by atoms with Gasteiger partial charge in [-0.05, 0) is 37.3 Å². The second kappa shape index (κ2) is 8.20. The minimum Gasteiger partial charge on any atom is -0.350 e. The number of aryl methyl sites for hydroxylation is 1. The number of benzene rings is 1. The Hall–Kier alpha value is -2.58. The molecule has 2 aromatic heterocycles. The number of hydrogen-bond acceptors (Lipinski definition) is 5. The lowest BCUT2D eigenvalue weighted by molar-refractivity contribution is -0.120. The fourth-order valence-electron chi connectivity index (χ4n) is 2.23. The number of rotatable bonds is 6. The van der Waals surface area contributed by atoms with Crippen molar-refractivity contribution in [2.24, 2.45) is 0 Å². The van der Waals surface area contributed by atoms with E-state index in [0.717, 1.165) is 26.5 Å². The number of amides is 2. The molecule has 2 amide bonds. The van der Waals surface area contributed by atoms with E-state index in [1.165, 1.54) is 18.2 Å². The van der Waals surface area contributed by atoms with E-state index < -0.39 is 11.7 Å². The zero-order chi connectivity index (χ0) is 18.5. The van der Waals surface area contributed by atoms with E-state index in [1.54, 1.807) is 22.7 Å². The third-order valence-electron chi connectivity index (χ3n) is 3.49. The van der Waals surface area contributed by atoms with E-state index in [-0.39, 0.29) is 18.0 Å². The SMILES string of the molecule is Cc1nc(-c2ccc(CNC(=O)CNC(=O)c3cccc(F)c3)s2)cs1. The maximum absolute atomic E-state index is 13.1. The van der Waals surface area contributed by atoms with Crippen molar-refractivity contribution in [3.63, 3.8) is 0 Å². The van der Waals surface area contributed by atoms with Gasteiger partial charge >= 0.3 is 0 Å². The van der Waals surface area contributed by atoms with Crippen LogP contribution in [0, 0.1) is 12.7 Å². The van der Waals surface area contributed by atoms with E-state index in [9.17, 15) is 14.0 Å². The maximum Gasteiger partial charge on any atom is 0.251 e. The van der Waals surface area contributed by atoms with Gasteiger partial charge in [0.15, 0.2) is 0 Å². The van der Waals surface area contributed by atoms with Crippen LogP contribution in [-0.4, -0.2) is 23.3 Å². The van der Waals surface area contributed by atoms with Gasteiger partial charge in [0.2, 0.25) is 5.91 Å². The molecule has 0 aliphatic heterocycles. The zero-order valence-corrected chi connectivity index (χ0v) is 15.5. The molecular weight excluding hydrogens is 373 g/mol. The largest absolute Gasteiger partial charge is 0.350 e. The monoisotopic (exact) mass is 389 g/mol. The van der Waals surface area contributed by atoms with Crippen molar-refractivity contribution in [1.29, 1.82) is 0 Å². The molecule has 0 radical (unpaired) electrons. The third-order valence-corrected chi connectivity index (χ3v) is 5.37. The van der Waals surface area contributed by atoms with Gasteiger partial charge < -0.3 is 10.6 Å². The van der Waals surface area contributed by atoms with Crippen LogP contribution in [0.3, 0.4) is 0 Å². The van der Waals surface area contributed by atoms with Gasteiger partial charge in [-0.2, -0.15) is 0 Å². The molecule has 2 heterocycles. The summed E-state index contributed by atoms with van der Waals surface area (Å²) < 4.78 is 13.1. The molecule has 5 nitrogen and oxygen atoms in total. The Morgan fingerprint density at radius 2 is 2.04 bits per heavy atom. The molecule has 0 spiro atoms. The molecule has 2 N–H and O–H groups in total. The van der Waals surface area contributed by atoms with Gasteiger partial charge in [0.05, 0.1) is 28.7 Å². The first kappa shape index (κ1) is 18.2. The number of thiazole rings is 1. The first-order valence-corrected chi connectivity index (χ1v) is 9.52. The molecule has 134 valence electrons. The van der Waals surface area contributed by atoms with Gasteiger partial charge in [0.1, 0.15) is 5.82 Å². The van der Waals surface area contributed by atoms with Crippen molar-refractivity contribution >= 4 is 34.5 Å². The molecule has 0 saturated carbocycles. The summed E-state index contributed by atoms with van der Waals surface area (Å²) in [7, 11) is 0. The summed E-state index contributed by atoms with van der Waals surface area (Å²) in [5.74, 6) is -1.29. The predicted molar refractivity (Wildman–Crippen MR) is 101 cm³/mol. The van der Waals surface area contributed by atoms with Crippen LogP contribution in [0.4, 0.5) is 4.39 Å². The van der Waals surface area contributed by atoms with Gasteiger partial charge in [-0.3, -0.25) is 9.59 Å². The first-order valence-electron chi connectivity index (χ1n) is 7.83. The van der Waals surface area contributed by atoms with E-state index in [1.807, 2.05) is 24.4 Å². The van der Waals surface area contributed by atoms with Gasteiger partial charge in [-0.1, -0.05) is 6.07 Å². The molecule has 0 bridgehead atoms. The van der Waals surface area contributed by atoms with Crippen molar-refractivity contribution in [3.05, 3.63) is 63.0 Å². The highest BCUT2D eigenvalue weighted by Gasteiger charge is 2.10. The summed E-state index contributed by atoms with van der Waals surface area (Å²) in [6.45, 7) is 2.17. The second-order valence-corrected chi connectivity index (χ2v) is 7.72. The topological polar surface area (TPSA) is 71.1 Å². The average molecular weight is 389 g/mol. The number of carbonyl (C=O) groups is 2. The van der Waals surface area contributed by atoms with Crippen molar-refractivity contribution in [2.45, 2.75) is 13.5 Å². The third kappa shape index (κ3) is 4.74. The fraction of sp³-hybridized carbons (Fsp3) is 0.167. The van der Waals surface area contributed by atoms with E-state index in [0.29, 0.717) is 6.54 Å². The van der Waals surface area contributed by atoms with Crippen LogP contribution in [0.1, 0.15) is 20.2 Å². The summed E-state index contributed by atoms with van der Waals surface area (Å²) >= 11 is 3.16. The number of nitrogens with zero attached hydrogens (tertiary/aromatic N) is 1. The van der Waals surface area contributed by atoms with Crippen LogP contribution in [-0.2, 0) is 11.3 Å². The Morgan fingerprint density at radius 3 is 2.77 bits per heavy atom. The molecule has 0 aliphatic rings. The number of thiophene rings is 1. The van der Waals surface area contributed by atoms with Gasteiger partial charge in [0, 0.05) is 15.8 Å². The van der Waals surface area contributed by atoms with Gasteiger partial charge in [-0.15, -0.1) is 22.7 Å². The Balaban J connectivity index is 1.47. The highest BCUT2D eigenvalue weighted by molar-refractivity contribution is 7.16. The van der Waals surface area contributed by atoms with Crippen LogP contribution in [0.15, 0.2) is 41.8 Å². The average Bonchev–Trinajstić information content (AvgIpc) is 3.26. The first-order chi connectivity index (χ1) is 12.5. The van der Waals surface area contributed by atoms with E-state index in [4.69, 9.17) is 0 Å². The number of carbonyl (C=O) groups excluding carboxylic acids is 2. The molecule has 0 aliphatic carbocycles. The molecule has 0 saturated heterocycles. The van der Waals surface area contributed by atoms with E-state index >= 15 is 0 Å². The smallest absolute Gasteiger partial charge is 0.251 e. The van der Waals surface area contributed by atoms with Gasteiger partial charge in [0.25, 0.3) is 5.91 Å². The maximum atomic E-state index is 13.1. The predicted octanol–water partition coefficient (Wildman–Crippen LogP) is 3.37. The molecule has 1 aromatic carbocycles. The molecule has 0 atom stereocenters. The van der Waals surface area contributed by atoms with E-state index in [2.05, 4.69) is 15.6 Å². The second-order valence-electron chi connectivity index (χ2n) is 5.49. The van der Waals surface area contributed by atoms with Gasteiger partial charge in [-0.25, -0.2) is 9.37 Å². The fourth-order valence-corrected chi connectivity index (χ4v) is 3.82.